The van der Waals surface area contributed by atoms with Crippen LogP contribution >= 0.6 is 23.2 Å². The van der Waals surface area contributed by atoms with Crippen LogP contribution < -0.4 is 24.7 Å². The average molecular weight is 645 g/mol. The van der Waals surface area contributed by atoms with Gasteiger partial charge in [-0.05, 0) is 61.0 Å². The van der Waals surface area contributed by atoms with Gasteiger partial charge in [0.2, 0.25) is 11.6 Å². The summed E-state index contributed by atoms with van der Waals surface area (Å²) in [7, 11) is 1.51. The first-order chi connectivity index (χ1) is 21.7. The number of fused-ring (bicyclic) bond motifs is 2. The zero-order chi connectivity index (χ0) is 31.8. The van der Waals surface area contributed by atoms with E-state index >= 15 is 0 Å². The molecule has 0 radical (unpaired) electrons. The summed E-state index contributed by atoms with van der Waals surface area (Å²) in [4.78, 5) is 13.0. The van der Waals surface area contributed by atoms with Crippen LogP contribution in [-0.4, -0.2) is 13.1 Å². The van der Waals surface area contributed by atoms with E-state index in [-0.39, 0.29) is 29.6 Å². The van der Waals surface area contributed by atoms with E-state index in [1.54, 1.807) is 55.5 Å². The first-order valence-electron chi connectivity index (χ1n) is 13.5. The number of furan rings is 1. The van der Waals surface area contributed by atoms with Gasteiger partial charge in [0.1, 0.15) is 41.1 Å². The van der Waals surface area contributed by atoms with Crippen LogP contribution in [0, 0.1) is 24.1 Å². The number of carbonyl (C=O) groups excluding carboxylic acids is 1. The lowest BCUT2D eigenvalue weighted by Gasteiger charge is -2.27. The molecule has 5 aromatic rings. The summed E-state index contributed by atoms with van der Waals surface area (Å²) in [5.41, 5.74) is 9.24. The summed E-state index contributed by atoms with van der Waals surface area (Å²) in [6.07, 6.45) is 0. The predicted octanol–water partition coefficient (Wildman–Crippen LogP) is 8.21. The van der Waals surface area contributed by atoms with E-state index in [1.165, 1.54) is 31.4 Å². The van der Waals surface area contributed by atoms with Gasteiger partial charge in [-0.25, -0.2) is 9.18 Å². The molecule has 4 aromatic carbocycles. The Balaban J connectivity index is 1.28. The number of hydrogen-bond acceptors (Lipinski definition) is 8. The Morgan fingerprint density at radius 1 is 1.04 bits per heavy atom. The molecule has 1 aliphatic heterocycles. The van der Waals surface area contributed by atoms with Crippen molar-refractivity contribution in [2.75, 3.05) is 7.11 Å². The van der Waals surface area contributed by atoms with Crippen LogP contribution in [0.25, 0.3) is 11.0 Å². The number of benzene rings is 4. The minimum Gasteiger partial charge on any atom is -0.493 e. The van der Waals surface area contributed by atoms with Crippen LogP contribution in [0.5, 0.6) is 23.0 Å². The largest absolute Gasteiger partial charge is 0.493 e. The van der Waals surface area contributed by atoms with E-state index in [9.17, 15) is 14.4 Å². The number of halogens is 3. The van der Waals surface area contributed by atoms with Crippen molar-refractivity contribution in [2.45, 2.75) is 19.4 Å². The molecule has 2 N–H and O–H groups in total. The first-order valence-corrected chi connectivity index (χ1v) is 14.3. The van der Waals surface area contributed by atoms with E-state index in [1.807, 2.05) is 0 Å². The normalized spacial score (nSPS) is 14.0. The SMILES string of the molecule is COc1cc(C2C(C#N)=C(N)Oc3cc(OC(=O)c4oc5ccc(F)cc5c4C)ccc32)ccc1OCc1ccc(Cl)cc1Cl. The van der Waals surface area contributed by atoms with Crippen molar-refractivity contribution >= 4 is 40.1 Å². The molecular weight excluding hydrogens is 622 g/mol. The Bertz CT molecular complexity index is 2070. The molecule has 8 nitrogen and oxygen atoms in total. The zero-order valence-electron chi connectivity index (χ0n) is 23.8. The van der Waals surface area contributed by atoms with Crippen LogP contribution in [0.15, 0.2) is 88.7 Å². The topological polar surface area (TPSA) is 117 Å². The molecule has 226 valence electrons. The van der Waals surface area contributed by atoms with Gasteiger partial charge >= 0.3 is 5.97 Å². The predicted molar refractivity (Wildman–Crippen MR) is 165 cm³/mol. The molecule has 0 fully saturated rings. The van der Waals surface area contributed by atoms with Gasteiger partial charge in [-0.3, -0.25) is 0 Å². The summed E-state index contributed by atoms with van der Waals surface area (Å²) in [6, 6.07) is 21.3. The van der Waals surface area contributed by atoms with Gasteiger partial charge in [0.15, 0.2) is 11.5 Å². The number of hydrogen-bond donors (Lipinski definition) is 1. The maximum absolute atomic E-state index is 13.7. The van der Waals surface area contributed by atoms with Gasteiger partial charge in [0.05, 0.1) is 13.0 Å². The van der Waals surface area contributed by atoms with E-state index in [2.05, 4.69) is 6.07 Å². The molecule has 1 aliphatic rings. The van der Waals surface area contributed by atoms with Crippen molar-refractivity contribution in [1.82, 2.24) is 0 Å². The number of nitrogens with two attached hydrogens (primary N) is 1. The highest BCUT2D eigenvalue weighted by molar-refractivity contribution is 6.35. The number of ether oxygens (including phenoxy) is 4. The van der Waals surface area contributed by atoms with Gasteiger partial charge in [0.25, 0.3) is 0 Å². The highest BCUT2D eigenvalue weighted by atomic mass is 35.5. The zero-order valence-corrected chi connectivity index (χ0v) is 25.3. The average Bonchev–Trinajstić information content (AvgIpc) is 3.35. The molecule has 0 spiro atoms. The monoisotopic (exact) mass is 644 g/mol. The van der Waals surface area contributed by atoms with Crippen LogP contribution in [0.1, 0.15) is 38.7 Å². The molecule has 0 amide bonds. The lowest BCUT2D eigenvalue weighted by molar-refractivity contribution is 0.0702. The summed E-state index contributed by atoms with van der Waals surface area (Å²) in [5.74, 6) is -0.647. The maximum atomic E-state index is 13.7. The van der Waals surface area contributed by atoms with Crippen molar-refractivity contribution in [1.29, 1.82) is 5.26 Å². The molecule has 11 heteroatoms. The quantitative estimate of drug-likeness (QED) is 0.139. The fraction of sp³-hybridized carbons (Fsp3) is 0.118. The van der Waals surface area contributed by atoms with Crippen molar-refractivity contribution in [3.05, 3.63) is 128 Å². The molecule has 0 saturated carbocycles. The summed E-state index contributed by atoms with van der Waals surface area (Å²) >= 11 is 12.3. The highest BCUT2D eigenvalue weighted by Gasteiger charge is 2.32. The Labute approximate surface area is 266 Å². The second kappa shape index (κ2) is 12.1. The number of carbonyl (C=O) groups is 1. The van der Waals surface area contributed by atoms with Gasteiger partial charge in [-0.15, -0.1) is 0 Å². The van der Waals surface area contributed by atoms with Crippen molar-refractivity contribution in [3.63, 3.8) is 0 Å². The minimum atomic E-state index is -0.766. The second-order valence-electron chi connectivity index (χ2n) is 10.1. The summed E-state index contributed by atoms with van der Waals surface area (Å²) in [6.45, 7) is 1.82. The second-order valence-corrected chi connectivity index (χ2v) is 11.0. The van der Waals surface area contributed by atoms with E-state index < -0.39 is 17.7 Å². The fourth-order valence-corrected chi connectivity index (χ4v) is 5.62. The van der Waals surface area contributed by atoms with Gasteiger partial charge in [0, 0.05) is 38.2 Å². The van der Waals surface area contributed by atoms with Crippen molar-refractivity contribution < 1.29 is 32.5 Å². The third kappa shape index (κ3) is 5.74. The number of esters is 1. The summed E-state index contributed by atoms with van der Waals surface area (Å²) < 4.78 is 42.3. The molecule has 0 bridgehead atoms. The maximum Gasteiger partial charge on any atom is 0.379 e. The molecule has 2 heterocycles. The smallest absolute Gasteiger partial charge is 0.379 e. The Kier molecular flexibility index (Phi) is 8.02. The molecule has 1 aromatic heterocycles. The molecule has 0 aliphatic carbocycles. The number of methoxy groups -OCH3 is 1. The Hall–Kier alpha value is -5.17. The molecule has 45 heavy (non-hydrogen) atoms. The number of rotatable bonds is 7. The number of allylic oxidation sites excluding steroid dienone is 1. The lowest BCUT2D eigenvalue weighted by Crippen LogP contribution is -2.21. The van der Waals surface area contributed by atoms with Gasteiger partial charge in [-0.2, -0.15) is 5.26 Å². The highest BCUT2D eigenvalue weighted by Crippen LogP contribution is 2.45. The third-order valence-corrected chi connectivity index (χ3v) is 7.99. The molecule has 1 unspecified atom stereocenters. The number of nitriles is 1. The van der Waals surface area contributed by atoms with E-state index in [4.69, 9.17) is 52.3 Å². The lowest BCUT2D eigenvalue weighted by atomic mass is 9.83. The van der Waals surface area contributed by atoms with Gasteiger partial charge < -0.3 is 29.1 Å². The van der Waals surface area contributed by atoms with Crippen LogP contribution in [0.2, 0.25) is 10.0 Å². The molecule has 0 saturated heterocycles. The third-order valence-electron chi connectivity index (χ3n) is 7.40. The first kappa shape index (κ1) is 29.9. The standard InChI is InChI=1S/C34H23Cl2FN2O6/c1-17-24-13-21(37)6-10-27(24)44-32(17)34(40)43-22-7-8-23-29(14-22)45-33(39)25(15-38)31(23)18-4-9-28(30(11-18)41-2)42-16-19-3-5-20(35)12-26(19)36/h3-14,31H,16,39H2,1-2H3. The Morgan fingerprint density at radius 2 is 1.87 bits per heavy atom. The van der Waals surface area contributed by atoms with E-state index in [0.717, 1.165) is 5.56 Å². The van der Waals surface area contributed by atoms with Crippen molar-refractivity contribution in [2.24, 2.45) is 5.73 Å². The number of nitrogens with zero attached hydrogens (tertiary/aromatic N) is 1. The Morgan fingerprint density at radius 3 is 2.62 bits per heavy atom. The summed E-state index contributed by atoms with van der Waals surface area (Å²) in [5, 5.41) is 11.5. The van der Waals surface area contributed by atoms with Crippen LogP contribution in [0.3, 0.4) is 0 Å². The molecule has 6 rings (SSSR count). The fourth-order valence-electron chi connectivity index (χ4n) is 5.16. The molecule has 1 atom stereocenters. The van der Waals surface area contributed by atoms with Gasteiger partial charge in [-0.1, -0.05) is 41.4 Å². The van der Waals surface area contributed by atoms with Crippen LogP contribution in [0.4, 0.5) is 4.39 Å². The van der Waals surface area contributed by atoms with Crippen LogP contribution in [-0.2, 0) is 6.61 Å². The van der Waals surface area contributed by atoms with E-state index in [0.29, 0.717) is 55.0 Å². The minimum absolute atomic E-state index is 0.0500. The number of aryl methyl sites for hydroxylation is 1. The molecular formula is C34H23Cl2FN2O6. The van der Waals surface area contributed by atoms with Crippen molar-refractivity contribution in [3.8, 4) is 29.1 Å².